The van der Waals surface area contributed by atoms with Crippen LogP contribution in [0, 0.1) is 13.8 Å². The SMILES string of the molecule is CCn1c(=O)[nH]c(=O)c2[nH]c(-c3ccc(C)cc3C)nc21. The Morgan fingerprint density at radius 2 is 1.95 bits per heavy atom. The van der Waals surface area contributed by atoms with Gasteiger partial charge in [0.15, 0.2) is 5.65 Å². The molecule has 2 aromatic heterocycles. The van der Waals surface area contributed by atoms with E-state index in [0.29, 0.717) is 23.5 Å². The number of hydrogen-bond donors (Lipinski definition) is 2. The number of imidazole rings is 1. The molecule has 0 unspecified atom stereocenters. The van der Waals surface area contributed by atoms with Crippen molar-refractivity contribution in [2.75, 3.05) is 0 Å². The first-order valence-corrected chi connectivity index (χ1v) is 6.81. The molecule has 0 aliphatic carbocycles. The first kappa shape index (κ1) is 13.4. The van der Waals surface area contributed by atoms with E-state index in [-0.39, 0.29) is 0 Å². The zero-order valence-electron chi connectivity index (χ0n) is 12.2. The highest BCUT2D eigenvalue weighted by Crippen LogP contribution is 2.22. The first-order valence-electron chi connectivity index (χ1n) is 6.81. The molecule has 2 heterocycles. The summed E-state index contributed by atoms with van der Waals surface area (Å²) in [7, 11) is 0. The number of nitrogens with zero attached hydrogens (tertiary/aromatic N) is 2. The molecule has 0 radical (unpaired) electrons. The number of benzene rings is 1. The van der Waals surface area contributed by atoms with E-state index in [1.165, 1.54) is 4.57 Å². The second-order valence-electron chi connectivity index (χ2n) is 5.11. The van der Waals surface area contributed by atoms with Gasteiger partial charge in [0.25, 0.3) is 5.56 Å². The first-order chi connectivity index (χ1) is 10.0. The third kappa shape index (κ3) is 2.08. The molecule has 6 nitrogen and oxygen atoms in total. The van der Waals surface area contributed by atoms with Crippen molar-refractivity contribution in [3.63, 3.8) is 0 Å². The fourth-order valence-electron chi connectivity index (χ4n) is 2.54. The van der Waals surface area contributed by atoms with Gasteiger partial charge in [0, 0.05) is 12.1 Å². The molecule has 3 aromatic rings. The maximum Gasteiger partial charge on any atom is 0.330 e. The van der Waals surface area contributed by atoms with Crippen LogP contribution >= 0.6 is 0 Å². The molecule has 2 N–H and O–H groups in total. The van der Waals surface area contributed by atoms with Gasteiger partial charge < -0.3 is 4.98 Å². The van der Waals surface area contributed by atoms with E-state index >= 15 is 0 Å². The third-order valence-corrected chi connectivity index (χ3v) is 3.59. The Hall–Kier alpha value is -2.63. The van der Waals surface area contributed by atoms with Crippen LogP contribution in [0.1, 0.15) is 18.1 Å². The van der Waals surface area contributed by atoms with Crippen molar-refractivity contribution >= 4 is 11.2 Å². The number of H-pyrrole nitrogens is 2. The molecule has 108 valence electrons. The molecule has 1 aromatic carbocycles. The van der Waals surface area contributed by atoms with Crippen LogP contribution in [-0.4, -0.2) is 19.5 Å². The molecular formula is C15H16N4O2. The van der Waals surface area contributed by atoms with Crippen molar-refractivity contribution in [2.45, 2.75) is 27.3 Å². The van der Waals surface area contributed by atoms with E-state index in [2.05, 4.69) is 21.0 Å². The Labute approximate surface area is 120 Å². The Morgan fingerprint density at radius 3 is 2.62 bits per heavy atom. The Kier molecular flexibility index (Phi) is 3.01. The van der Waals surface area contributed by atoms with Crippen molar-refractivity contribution in [1.82, 2.24) is 19.5 Å². The lowest BCUT2D eigenvalue weighted by Gasteiger charge is -2.03. The van der Waals surface area contributed by atoms with Crippen molar-refractivity contribution in [3.05, 3.63) is 50.2 Å². The third-order valence-electron chi connectivity index (χ3n) is 3.59. The van der Waals surface area contributed by atoms with Gasteiger partial charge in [0.1, 0.15) is 11.3 Å². The molecule has 3 rings (SSSR count). The van der Waals surface area contributed by atoms with Crippen molar-refractivity contribution in [1.29, 1.82) is 0 Å². The van der Waals surface area contributed by atoms with E-state index in [9.17, 15) is 9.59 Å². The second kappa shape index (κ2) is 4.73. The van der Waals surface area contributed by atoms with Gasteiger partial charge >= 0.3 is 5.69 Å². The lowest BCUT2D eigenvalue weighted by atomic mass is 10.1. The summed E-state index contributed by atoms with van der Waals surface area (Å²) in [5.41, 5.74) is 2.99. The lowest BCUT2D eigenvalue weighted by Crippen LogP contribution is -2.29. The molecule has 0 amide bonds. The highest BCUT2D eigenvalue weighted by molar-refractivity contribution is 5.76. The predicted octanol–water partition coefficient (Wildman–Crippen LogP) is 1.72. The van der Waals surface area contributed by atoms with Gasteiger partial charge in [-0.05, 0) is 26.3 Å². The molecule has 6 heteroatoms. The summed E-state index contributed by atoms with van der Waals surface area (Å²) in [5, 5.41) is 0. The topological polar surface area (TPSA) is 83.5 Å². The van der Waals surface area contributed by atoms with E-state index in [4.69, 9.17) is 0 Å². The molecular weight excluding hydrogens is 268 g/mol. The summed E-state index contributed by atoms with van der Waals surface area (Å²) in [6.07, 6.45) is 0. The minimum Gasteiger partial charge on any atom is -0.332 e. The van der Waals surface area contributed by atoms with Crippen LogP contribution in [0.4, 0.5) is 0 Å². The normalized spacial score (nSPS) is 11.2. The average molecular weight is 284 g/mol. The van der Waals surface area contributed by atoms with E-state index in [1.54, 1.807) is 0 Å². The van der Waals surface area contributed by atoms with Gasteiger partial charge in [0.2, 0.25) is 0 Å². The summed E-state index contributed by atoms with van der Waals surface area (Å²) < 4.78 is 1.44. The van der Waals surface area contributed by atoms with E-state index < -0.39 is 11.2 Å². The molecule has 0 spiro atoms. The number of hydrogen-bond acceptors (Lipinski definition) is 3. The predicted molar refractivity (Wildman–Crippen MR) is 81.6 cm³/mol. The molecule has 0 bridgehead atoms. The standard InChI is InChI=1S/C15H16N4O2/c1-4-19-13-11(14(20)18-15(19)21)16-12(17-13)10-6-5-8(2)7-9(10)3/h5-7H,4H2,1-3H3,(H,16,17)(H,18,20,21). The lowest BCUT2D eigenvalue weighted by molar-refractivity contribution is 0.720. The molecule has 0 saturated carbocycles. The van der Waals surface area contributed by atoms with Crippen LogP contribution < -0.4 is 11.2 Å². The number of rotatable bonds is 2. The molecule has 0 aliphatic rings. The zero-order valence-corrected chi connectivity index (χ0v) is 12.2. The summed E-state index contributed by atoms with van der Waals surface area (Å²) in [4.78, 5) is 33.5. The summed E-state index contributed by atoms with van der Waals surface area (Å²) in [6, 6.07) is 6.01. The zero-order chi connectivity index (χ0) is 15.1. The van der Waals surface area contributed by atoms with Crippen LogP contribution in [0.5, 0.6) is 0 Å². The van der Waals surface area contributed by atoms with Gasteiger partial charge in [0.05, 0.1) is 0 Å². The minimum atomic E-state index is -0.441. The number of nitrogens with one attached hydrogen (secondary N) is 2. The maximum atomic E-state index is 11.9. The summed E-state index contributed by atoms with van der Waals surface area (Å²) in [6.45, 7) is 6.30. The quantitative estimate of drug-likeness (QED) is 0.751. The number of fused-ring (bicyclic) bond motifs is 1. The molecule has 0 saturated heterocycles. The molecule has 0 fully saturated rings. The Balaban J connectivity index is 2.33. The summed E-state index contributed by atoms with van der Waals surface area (Å²) >= 11 is 0. The van der Waals surface area contributed by atoms with Crippen LogP contribution in [0.2, 0.25) is 0 Å². The molecule has 21 heavy (non-hydrogen) atoms. The van der Waals surface area contributed by atoms with E-state index in [0.717, 1.165) is 16.7 Å². The van der Waals surface area contributed by atoms with Gasteiger partial charge in [-0.2, -0.15) is 0 Å². The van der Waals surface area contributed by atoms with Gasteiger partial charge in [-0.15, -0.1) is 0 Å². The largest absolute Gasteiger partial charge is 0.332 e. The minimum absolute atomic E-state index is 0.325. The van der Waals surface area contributed by atoms with Crippen LogP contribution in [0.3, 0.4) is 0 Å². The average Bonchev–Trinajstić information content (AvgIpc) is 2.84. The fraction of sp³-hybridized carbons (Fsp3) is 0.267. The Morgan fingerprint density at radius 1 is 1.19 bits per heavy atom. The molecule has 0 atom stereocenters. The monoisotopic (exact) mass is 284 g/mol. The van der Waals surface area contributed by atoms with Crippen molar-refractivity contribution < 1.29 is 0 Å². The number of aryl methyl sites for hydroxylation is 3. The highest BCUT2D eigenvalue weighted by Gasteiger charge is 2.14. The van der Waals surface area contributed by atoms with Gasteiger partial charge in [-0.25, -0.2) is 9.78 Å². The fourth-order valence-corrected chi connectivity index (χ4v) is 2.54. The molecule has 0 aliphatic heterocycles. The van der Waals surface area contributed by atoms with E-state index in [1.807, 2.05) is 32.9 Å². The highest BCUT2D eigenvalue weighted by atomic mass is 16.2. The van der Waals surface area contributed by atoms with Crippen LogP contribution in [-0.2, 0) is 6.54 Å². The number of aromatic nitrogens is 4. The van der Waals surface area contributed by atoms with Crippen LogP contribution in [0.25, 0.3) is 22.6 Å². The Bertz CT molecular complexity index is 946. The summed E-state index contributed by atoms with van der Waals surface area (Å²) in [5.74, 6) is 0.598. The van der Waals surface area contributed by atoms with Crippen LogP contribution in [0.15, 0.2) is 27.8 Å². The second-order valence-corrected chi connectivity index (χ2v) is 5.11. The van der Waals surface area contributed by atoms with Gasteiger partial charge in [-0.1, -0.05) is 23.8 Å². The van der Waals surface area contributed by atoms with Crippen molar-refractivity contribution in [2.24, 2.45) is 0 Å². The smallest absolute Gasteiger partial charge is 0.330 e. The number of aromatic amines is 2. The maximum absolute atomic E-state index is 11.9. The van der Waals surface area contributed by atoms with Crippen molar-refractivity contribution in [3.8, 4) is 11.4 Å². The van der Waals surface area contributed by atoms with Gasteiger partial charge in [-0.3, -0.25) is 14.3 Å².